The van der Waals surface area contributed by atoms with Crippen molar-refractivity contribution < 1.29 is 9.35 Å². The zero-order valence-corrected chi connectivity index (χ0v) is 9.48. The molecule has 12 heavy (non-hydrogen) atoms. The van der Waals surface area contributed by atoms with Crippen molar-refractivity contribution in [1.82, 2.24) is 0 Å². The van der Waals surface area contributed by atoms with Gasteiger partial charge in [0.2, 0.25) is 0 Å². The van der Waals surface area contributed by atoms with Crippen molar-refractivity contribution in [2.24, 2.45) is 0 Å². The molecule has 0 fully saturated rings. The third-order valence-corrected chi connectivity index (χ3v) is 3.38. The summed E-state index contributed by atoms with van der Waals surface area (Å²) in [5.74, 6) is -0.000630. The molecule has 0 aliphatic carbocycles. The van der Waals surface area contributed by atoms with Gasteiger partial charge in [-0.25, -0.2) is 0 Å². The minimum Gasteiger partial charge on any atom is -0.326 e. The highest BCUT2D eigenvalue weighted by atomic mass is 32.2. The van der Waals surface area contributed by atoms with Crippen LogP contribution in [0.2, 0.25) is 12.6 Å². The maximum atomic E-state index is 10.8. The molecule has 0 radical (unpaired) electrons. The molecule has 0 atom stereocenters. The molecule has 0 aromatic carbocycles. The number of rotatable bonds is 6. The van der Waals surface area contributed by atoms with Crippen LogP contribution in [0.15, 0.2) is 23.6 Å². The van der Waals surface area contributed by atoms with Crippen LogP contribution in [0.25, 0.3) is 0 Å². The van der Waals surface area contributed by atoms with Gasteiger partial charge < -0.3 is 4.55 Å². The normalized spacial score (nSPS) is 12.3. The first kappa shape index (κ1) is 11.7. The fourth-order valence-electron chi connectivity index (χ4n) is 0.729. The van der Waals surface area contributed by atoms with E-state index in [-0.39, 0.29) is 15.3 Å². The summed E-state index contributed by atoms with van der Waals surface area (Å²) in [7, 11) is -0.0819. The van der Waals surface area contributed by atoms with Crippen LogP contribution >= 0.6 is 12.0 Å². The zero-order valence-electron chi connectivity index (χ0n) is 7.25. The van der Waals surface area contributed by atoms with E-state index in [1.54, 1.807) is 6.08 Å². The lowest BCUT2D eigenvalue weighted by Crippen LogP contribution is -1.90. The molecular formula is C8H14O2SSi. The maximum Gasteiger partial charge on any atom is 0.158 e. The predicted molar refractivity (Wildman–Crippen MR) is 57.3 cm³/mol. The number of hydrogen-bond donors (Lipinski definition) is 1. The van der Waals surface area contributed by atoms with Crippen LogP contribution in [0.1, 0.15) is 6.42 Å². The van der Waals surface area contributed by atoms with Gasteiger partial charge in [-0.2, -0.15) is 0 Å². The lowest BCUT2D eigenvalue weighted by molar-refractivity contribution is -0.113. The SMILES string of the molecule is C=CC(=O)C/C=C(\C[SiH2]C)SO. The highest BCUT2D eigenvalue weighted by Gasteiger charge is 1.97. The van der Waals surface area contributed by atoms with Gasteiger partial charge in [0.05, 0.1) is 0 Å². The van der Waals surface area contributed by atoms with Crippen LogP contribution in [0, 0.1) is 0 Å². The Balaban J connectivity index is 3.92. The lowest BCUT2D eigenvalue weighted by Gasteiger charge is -1.97. The molecule has 0 saturated carbocycles. The minimum atomic E-state index is -0.0819. The van der Waals surface area contributed by atoms with Crippen molar-refractivity contribution in [3.05, 3.63) is 23.6 Å². The van der Waals surface area contributed by atoms with Crippen molar-refractivity contribution >= 4 is 27.3 Å². The highest BCUT2D eigenvalue weighted by Crippen LogP contribution is 2.16. The molecule has 4 heteroatoms. The van der Waals surface area contributed by atoms with E-state index in [2.05, 4.69) is 13.1 Å². The Labute approximate surface area is 79.8 Å². The zero-order chi connectivity index (χ0) is 9.40. The molecule has 0 heterocycles. The molecule has 0 saturated heterocycles. The molecule has 0 rings (SSSR count). The molecule has 0 amide bonds. The Hall–Kier alpha value is -0.323. The second kappa shape index (κ2) is 7.33. The fourth-order valence-corrected chi connectivity index (χ4v) is 2.56. The van der Waals surface area contributed by atoms with Gasteiger partial charge in [-0.3, -0.25) is 4.79 Å². The summed E-state index contributed by atoms with van der Waals surface area (Å²) in [5.41, 5.74) is 0. The Kier molecular flexibility index (Phi) is 7.14. The van der Waals surface area contributed by atoms with Gasteiger partial charge in [-0.1, -0.05) is 19.2 Å². The minimum absolute atomic E-state index is 0.000630. The summed E-state index contributed by atoms with van der Waals surface area (Å²) >= 11 is 0.756. The molecule has 0 spiro atoms. The quantitative estimate of drug-likeness (QED) is 0.406. The van der Waals surface area contributed by atoms with Crippen molar-refractivity contribution in [1.29, 1.82) is 0 Å². The van der Waals surface area contributed by atoms with Gasteiger partial charge in [0.25, 0.3) is 0 Å². The number of carbonyl (C=O) groups is 1. The van der Waals surface area contributed by atoms with E-state index >= 15 is 0 Å². The van der Waals surface area contributed by atoms with Crippen molar-refractivity contribution in [2.45, 2.75) is 19.0 Å². The van der Waals surface area contributed by atoms with Gasteiger partial charge in [-0.15, -0.1) is 0 Å². The summed E-state index contributed by atoms with van der Waals surface area (Å²) in [6, 6.07) is 0.964. The Bertz CT molecular complexity index is 189. The van der Waals surface area contributed by atoms with Gasteiger partial charge in [0.15, 0.2) is 5.78 Å². The molecule has 0 unspecified atom stereocenters. The summed E-state index contributed by atoms with van der Waals surface area (Å²) in [6.07, 6.45) is 3.45. The first-order valence-corrected chi connectivity index (χ1v) is 7.09. The van der Waals surface area contributed by atoms with Gasteiger partial charge in [0.1, 0.15) is 0 Å². The van der Waals surface area contributed by atoms with Crippen LogP contribution in [0.3, 0.4) is 0 Å². The summed E-state index contributed by atoms with van der Waals surface area (Å²) in [4.78, 5) is 11.7. The third-order valence-electron chi connectivity index (χ3n) is 1.37. The molecule has 2 nitrogen and oxygen atoms in total. The average molecular weight is 202 g/mol. The van der Waals surface area contributed by atoms with Crippen LogP contribution in [0.5, 0.6) is 0 Å². The fraction of sp³-hybridized carbons (Fsp3) is 0.375. The van der Waals surface area contributed by atoms with Crippen LogP contribution in [-0.4, -0.2) is 19.9 Å². The molecular weight excluding hydrogens is 188 g/mol. The molecule has 0 aliphatic heterocycles. The first-order valence-electron chi connectivity index (χ1n) is 3.90. The van der Waals surface area contributed by atoms with E-state index in [9.17, 15) is 4.79 Å². The standard InChI is InChI=1S/C8H14O2SSi/c1-3-7(9)4-5-8(11-10)6-12-2/h3,5,10H,1,4,6,12H2,2H3/b8-5+. The van der Waals surface area contributed by atoms with E-state index in [1.165, 1.54) is 6.08 Å². The van der Waals surface area contributed by atoms with E-state index in [1.807, 2.05) is 0 Å². The Morgan fingerprint density at radius 3 is 2.83 bits per heavy atom. The monoisotopic (exact) mass is 202 g/mol. The second-order valence-corrected chi connectivity index (χ2v) is 4.59. The number of allylic oxidation sites excluding steroid dienone is 3. The lowest BCUT2D eigenvalue weighted by atomic mass is 10.3. The summed E-state index contributed by atoms with van der Waals surface area (Å²) < 4.78 is 8.78. The molecule has 68 valence electrons. The first-order chi connectivity index (χ1) is 5.74. The van der Waals surface area contributed by atoms with E-state index < -0.39 is 0 Å². The van der Waals surface area contributed by atoms with Crippen LogP contribution < -0.4 is 0 Å². The highest BCUT2D eigenvalue weighted by molar-refractivity contribution is 7.97. The maximum absolute atomic E-state index is 10.8. The largest absolute Gasteiger partial charge is 0.326 e. The molecule has 0 bridgehead atoms. The third kappa shape index (κ3) is 5.34. The van der Waals surface area contributed by atoms with Crippen LogP contribution in [-0.2, 0) is 4.79 Å². The molecule has 1 N–H and O–H groups in total. The number of hydrogen-bond acceptors (Lipinski definition) is 3. The summed E-state index contributed by atoms with van der Waals surface area (Å²) in [6.45, 7) is 5.54. The molecule has 0 aromatic rings. The van der Waals surface area contributed by atoms with E-state index in [0.717, 1.165) is 23.0 Å². The molecule has 0 aliphatic rings. The summed E-state index contributed by atoms with van der Waals surface area (Å²) in [5, 5.41) is 0. The van der Waals surface area contributed by atoms with Crippen molar-refractivity contribution in [3.63, 3.8) is 0 Å². The number of carbonyl (C=O) groups excluding carboxylic acids is 1. The second-order valence-electron chi connectivity index (χ2n) is 2.39. The average Bonchev–Trinajstić information content (AvgIpc) is 2.11. The Morgan fingerprint density at radius 2 is 2.42 bits per heavy atom. The Morgan fingerprint density at radius 1 is 1.75 bits per heavy atom. The van der Waals surface area contributed by atoms with Crippen molar-refractivity contribution in [3.8, 4) is 0 Å². The van der Waals surface area contributed by atoms with Gasteiger partial charge >= 0.3 is 0 Å². The molecule has 0 aromatic heterocycles. The van der Waals surface area contributed by atoms with Gasteiger partial charge in [0, 0.05) is 32.9 Å². The van der Waals surface area contributed by atoms with Crippen molar-refractivity contribution in [2.75, 3.05) is 0 Å². The topological polar surface area (TPSA) is 37.3 Å². The van der Waals surface area contributed by atoms with Gasteiger partial charge in [-0.05, 0) is 12.1 Å². The predicted octanol–water partition coefficient (Wildman–Crippen LogP) is 1.86. The van der Waals surface area contributed by atoms with Crippen LogP contribution in [0.4, 0.5) is 0 Å². The number of ketones is 1. The van der Waals surface area contributed by atoms with E-state index in [0.29, 0.717) is 6.42 Å². The van der Waals surface area contributed by atoms with E-state index in [4.69, 9.17) is 4.55 Å². The smallest absolute Gasteiger partial charge is 0.158 e.